The molecule has 7 heteroatoms. The fourth-order valence-corrected chi connectivity index (χ4v) is 3.47. The van der Waals surface area contributed by atoms with Gasteiger partial charge in [0.05, 0.1) is 11.3 Å². The minimum Gasteiger partial charge on any atom is -0.348 e. The zero-order valence-corrected chi connectivity index (χ0v) is 14.4. The molecule has 0 unspecified atom stereocenters. The van der Waals surface area contributed by atoms with Crippen LogP contribution in [0.25, 0.3) is 0 Å². The molecule has 116 valence electrons. The van der Waals surface area contributed by atoms with Crippen LogP contribution in [-0.4, -0.2) is 25.6 Å². The van der Waals surface area contributed by atoms with Crippen LogP contribution in [0.2, 0.25) is 0 Å². The maximum atomic E-state index is 12.1. The standard InChI is InChI=1S/C14H19BrN2O3S/c1-9(2)21(19,20)17-12-7-8-13(18)16-14(12)10-3-5-11(15)6-4-10/h3-6,9,12,14,17H,7-8H2,1-2H3,(H,16,18)/t12-,14-/m1/s1. The summed E-state index contributed by atoms with van der Waals surface area (Å²) in [5, 5.41) is 2.38. The summed E-state index contributed by atoms with van der Waals surface area (Å²) in [5.74, 6) is -0.0529. The van der Waals surface area contributed by atoms with E-state index in [0.29, 0.717) is 12.8 Å². The number of hydrogen-bond acceptors (Lipinski definition) is 3. The zero-order chi connectivity index (χ0) is 15.6. The van der Waals surface area contributed by atoms with Crippen LogP contribution in [0.4, 0.5) is 0 Å². The lowest BCUT2D eigenvalue weighted by Gasteiger charge is -2.33. The Morgan fingerprint density at radius 2 is 1.90 bits per heavy atom. The zero-order valence-electron chi connectivity index (χ0n) is 12.0. The number of sulfonamides is 1. The van der Waals surface area contributed by atoms with Gasteiger partial charge in [-0.05, 0) is 38.0 Å². The molecular weight excluding hydrogens is 356 g/mol. The number of carbonyl (C=O) groups excluding carboxylic acids is 1. The van der Waals surface area contributed by atoms with E-state index >= 15 is 0 Å². The molecule has 5 nitrogen and oxygen atoms in total. The molecule has 0 aromatic heterocycles. The third-order valence-electron chi connectivity index (χ3n) is 3.57. The lowest BCUT2D eigenvalue weighted by Crippen LogP contribution is -2.51. The van der Waals surface area contributed by atoms with Crippen molar-refractivity contribution in [1.82, 2.24) is 10.0 Å². The Labute approximate surface area is 133 Å². The predicted molar refractivity (Wildman–Crippen MR) is 85.2 cm³/mol. The van der Waals surface area contributed by atoms with Gasteiger partial charge in [0.15, 0.2) is 0 Å². The van der Waals surface area contributed by atoms with E-state index in [1.165, 1.54) is 0 Å². The Kier molecular flexibility index (Phi) is 5.06. The van der Waals surface area contributed by atoms with Crippen molar-refractivity contribution in [3.8, 4) is 0 Å². The molecule has 0 bridgehead atoms. The molecule has 1 amide bonds. The second-order valence-electron chi connectivity index (χ2n) is 5.45. The molecule has 1 aromatic rings. The third kappa shape index (κ3) is 4.05. The monoisotopic (exact) mass is 374 g/mol. The van der Waals surface area contributed by atoms with Crippen molar-refractivity contribution in [2.45, 2.75) is 44.0 Å². The molecule has 1 aliphatic rings. The number of hydrogen-bond donors (Lipinski definition) is 2. The Morgan fingerprint density at radius 1 is 1.29 bits per heavy atom. The molecule has 1 aromatic carbocycles. The highest BCUT2D eigenvalue weighted by Crippen LogP contribution is 2.26. The molecule has 0 spiro atoms. The van der Waals surface area contributed by atoms with Gasteiger partial charge in [-0.15, -0.1) is 0 Å². The minimum atomic E-state index is -3.37. The summed E-state index contributed by atoms with van der Waals surface area (Å²) < 4.78 is 27.8. The topological polar surface area (TPSA) is 75.3 Å². The molecule has 21 heavy (non-hydrogen) atoms. The molecular formula is C14H19BrN2O3S. The van der Waals surface area contributed by atoms with E-state index < -0.39 is 15.3 Å². The average Bonchev–Trinajstić information content (AvgIpc) is 2.41. The van der Waals surface area contributed by atoms with E-state index in [-0.39, 0.29) is 18.0 Å². The smallest absolute Gasteiger partial charge is 0.220 e. The maximum absolute atomic E-state index is 12.1. The fourth-order valence-electron chi connectivity index (χ4n) is 2.26. The summed E-state index contributed by atoms with van der Waals surface area (Å²) in [4.78, 5) is 11.7. The first-order valence-corrected chi connectivity index (χ1v) is 9.19. The van der Waals surface area contributed by atoms with Crippen LogP contribution in [0, 0.1) is 0 Å². The summed E-state index contributed by atoms with van der Waals surface area (Å²) in [6.45, 7) is 3.27. The summed E-state index contributed by atoms with van der Waals surface area (Å²) in [5.41, 5.74) is 0.891. The molecule has 2 N–H and O–H groups in total. The van der Waals surface area contributed by atoms with Gasteiger partial charge in [0.1, 0.15) is 0 Å². The molecule has 2 atom stereocenters. The maximum Gasteiger partial charge on any atom is 0.220 e. The van der Waals surface area contributed by atoms with Crippen molar-refractivity contribution in [3.05, 3.63) is 34.3 Å². The number of rotatable bonds is 4. The summed E-state index contributed by atoms with van der Waals surface area (Å²) in [7, 11) is -3.37. The number of nitrogens with one attached hydrogen (secondary N) is 2. The van der Waals surface area contributed by atoms with Crippen LogP contribution in [0.15, 0.2) is 28.7 Å². The summed E-state index contributed by atoms with van der Waals surface area (Å²) in [6.07, 6.45) is 0.830. The number of benzene rings is 1. The van der Waals surface area contributed by atoms with Gasteiger partial charge in [-0.2, -0.15) is 0 Å². The minimum absolute atomic E-state index is 0.0529. The van der Waals surface area contributed by atoms with Crippen LogP contribution >= 0.6 is 15.9 Å². The van der Waals surface area contributed by atoms with E-state index in [1.54, 1.807) is 13.8 Å². The fraction of sp³-hybridized carbons (Fsp3) is 0.500. The Balaban J connectivity index is 2.25. The van der Waals surface area contributed by atoms with Gasteiger partial charge in [-0.3, -0.25) is 4.79 Å². The van der Waals surface area contributed by atoms with E-state index in [0.717, 1.165) is 10.0 Å². The Bertz CT molecular complexity index is 614. The molecule has 0 saturated carbocycles. The van der Waals surface area contributed by atoms with Gasteiger partial charge < -0.3 is 5.32 Å². The van der Waals surface area contributed by atoms with Crippen molar-refractivity contribution in [1.29, 1.82) is 0 Å². The first-order chi connectivity index (χ1) is 9.79. The van der Waals surface area contributed by atoms with Crippen molar-refractivity contribution in [3.63, 3.8) is 0 Å². The molecule has 0 aliphatic carbocycles. The van der Waals surface area contributed by atoms with Gasteiger partial charge in [-0.25, -0.2) is 13.1 Å². The van der Waals surface area contributed by atoms with Crippen LogP contribution in [0.5, 0.6) is 0 Å². The highest BCUT2D eigenvalue weighted by atomic mass is 79.9. The van der Waals surface area contributed by atoms with Crippen molar-refractivity contribution >= 4 is 31.9 Å². The van der Waals surface area contributed by atoms with E-state index in [1.807, 2.05) is 24.3 Å². The number of carbonyl (C=O) groups is 1. The Morgan fingerprint density at radius 3 is 2.48 bits per heavy atom. The molecule has 0 radical (unpaired) electrons. The molecule has 2 rings (SSSR count). The highest BCUT2D eigenvalue weighted by Gasteiger charge is 2.33. The SMILES string of the molecule is CC(C)S(=O)(=O)N[C@@H]1CCC(=O)N[C@@H]1c1ccc(Br)cc1. The third-order valence-corrected chi connectivity index (χ3v) is 5.97. The van der Waals surface area contributed by atoms with Crippen LogP contribution in [0.1, 0.15) is 38.3 Å². The first-order valence-electron chi connectivity index (χ1n) is 6.85. The van der Waals surface area contributed by atoms with Crippen LogP contribution < -0.4 is 10.0 Å². The van der Waals surface area contributed by atoms with Crippen molar-refractivity contribution < 1.29 is 13.2 Å². The number of piperidine rings is 1. The predicted octanol–water partition coefficient (Wildman–Crippen LogP) is 2.10. The average molecular weight is 375 g/mol. The normalized spacial score (nSPS) is 23.1. The van der Waals surface area contributed by atoms with E-state index in [2.05, 4.69) is 26.0 Å². The number of halogens is 1. The lowest BCUT2D eigenvalue weighted by atomic mass is 9.93. The van der Waals surface area contributed by atoms with E-state index in [4.69, 9.17) is 0 Å². The van der Waals surface area contributed by atoms with Crippen molar-refractivity contribution in [2.75, 3.05) is 0 Å². The van der Waals surface area contributed by atoms with Gasteiger partial charge in [0.25, 0.3) is 0 Å². The van der Waals surface area contributed by atoms with Gasteiger partial charge >= 0.3 is 0 Å². The highest BCUT2D eigenvalue weighted by molar-refractivity contribution is 9.10. The second-order valence-corrected chi connectivity index (χ2v) is 8.64. The molecule has 1 fully saturated rings. The summed E-state index contributed by atoms with van der Waals surface area (Å²) >= 11 is 3.37. The summed E-state index contributed by atoms with van der Waals surface area (Å²) in [6, 6.07) is 6.87. The second kappa shape index (κ2) is 6.46. The molecule has 1 heterocycles. The largest absolute Gasteiger partial charge is 0.348 e. The van der Waals surface area contributed by atoms with Gasteiger partial charge in [-0.1, -0.05) is 28.1 Å². The van der Waals surface area contributed by atoms with Crippen molar-refractivity contribution in [2.24, 2.45) is 0 Å². The Hall–Kier alpha value is -0.920. The quantitative estimate of drug-likeness (QED) is 0.846. The van der Waals surface area contributed by atoms with Gasteiger partial charge in [0, 0.05) is 16.9 Å². The van der Waals surface area contributed by atoms with Gasteiger partial charge in [0.2, 0.25) is 15.9 Å². The van der Waals surface area contributed by atoms with Crippen LogP contribution in [0.3, 0.4) is 0 Å². The van der Waals surface area contributed by atoms with Crippen LogP contribution in [-0.2, 0) is 14.8 Å². The molecule has 1 saturated heterocycles. The van der Waals surface area contributed by atoms with E-state index in [9.17, 15) is 13.2 Å². The lowest BCUT2D eigenvalue weighted by molar-refractivity contribution is -0.123. The first kappa shape index (κ1) is 16.5. The number of amides is 1. The molecule has 1 aliphatic heterocycles.